The summed E-state index contributed by atoms with van der Waals surface area (Å²) in [6, 6.07) is 0. The van der Waals surface area contributed by atoms with Crippen molar-refractivity contribution in [2.24, 2.45) is 5.92 Å². The SMILES string of the molecule is C=C[C@@H](C)[C@](C)(O)CCCCCC. The van der Waals surface area contributed by atoms with E-state index >= 15 is 0 Å². The van der Waals surface area contributed by atoms with Gasteiger partial charge in [0.2, 0.25) is 0 Å². The lowest BCUT2D eigenvalue weighted by Crippen LogP contribution is -2.31. The lowest BCUT2D eigenvalue weighted by molar-refractivity contribution is 0.0138. The molecular weight excluding hydrogens is 160 g/mol. The Labute approximate surface area is 82.9 Å². The summed E-state index contributed by atoms with van der Waals surface area (Å²) in [5.41, 5.74) is -0.560. The highest BCUT2D eigenvalue weighted by Gasteiger charge is 2.24. The van der Waals surface area contributed by atoms with E-state index in [-0.39, 0.29) is 5.92 Å². The molecule has 2 atom stereocenters. The zero-order valence-electron chi connectivity index (χ0n) is 9.34. The van der Waals surface area contributed by atoms with Crippen molar-refractivity contribution < 1.29 is 5.11 Å². The second kappa shape index (κ2) is 6.20. The van der Waals surface area contributed by atoms with Crippen molar-refractivity contribution in [3.8, 4) is 0 Å². The largest absolute Gasteiger partial charge is 0.390 e. The standard InChI is InChI=1S/C12H24O/c1-5-7-8-9-10-12(4,13)11(3)6-2/h6,11,13H,2,5,7-10H2,1,3-4H3/t11-,12-/m1/s1. The van der Waals surface area contributed by atoms with Crippen LogP contribution in [0.15, 0.2) is 12.7 Å². The molecule has 13 heavy (non-hydrogen) atoms. The quantitative estimate of drug-likeness (QED) is 0.474. The third-order valence-corrected chi connectivity index (χ3v) is 2.87. The average Bonchev–Trinajstić information content (AvgIpc) is 2.11. The molecule has 0 heterocycles. The van der Waals surface area contributed by atoms with Crippen LogP contribution in [0.5, 0.6) is 0 Å². The summed E-state index contributed by atoms with van der Waals surface area (Å²) in [5.74, 6) is 0.189. The van der Waals surface area contributed by atoms with Gasteiger partial charge in [-0.1, -0.05) is 45.6 Å². The summed E-state index contributed by atoms with van der Waals surface area (Å²) in [4.78, 5) is 0. The molecule has 0 radical (unpaired) electrons. The van der Waals surface area contributed by atoms with E-state index in [1.165, 1.54) is 19.3 Å². The van der Waals surface area contributed by atoms with Crippen molar-refractivity contribution in [1.29, 1.82) is 0 Å². The molecule has 0 aromatic rings. The highest BCUT2D eigenvalue weighted by Crippen LogP contribution is 2.24. The zero-order valence-corrected chi connectivity index (χ0v) is 9.34. The van der Waals surface area contributed by atoms with Crippen molar-refractivity contribution in [2.45, 2.75) is 58.5 Å². The fraction of sp³-hybridized carbons (Fsp3) is 0.833. The molecule has 0 aliphatic heterocycles. The molecule has 0 unspecified atom stereocenters. The lowest BCUT2D eigenvalue weighted by atomic mass is 9.86. The third-order valence-electron chi connectivity index (χ3n) is 2.87. The molecule has 1 N–H and O–H groups in total. The molecule has 0 aliphatic rings. The van der Waals surface area contributed by atoms with Gasteiger partial charge in [-0.2, -0.15) is 0 Å². The second-order valence-corrected chi connectivity index (χ2v) is 4.19. The lowest BCUT2D eigenvalue weighted by Gasteiger charge is -2.28. The Balaban J connectivity index is 3.68. The van der Waals surface area contributed by atoms with Crippen LogP contribution in [0.3, 0.4) is 0 Å². The molecule has 0 spiro atoms. The minimum atomic E-state index is -0.560. The van der Waals surface area contributed by atoms with E-state index in [9.17, 15) is 5.11 Å². The Morgan fingerprint density at radius 3 is 2.46 bits per heavy atom. The van der Waals surface area contributed by atoms with Gasteiger partial charge in [0.05, 0.1) is 5.60 Å². The van der Waals surface area contributed by atoms with E-state index < -0.39 is 5.60 Å². The zero-order chi connectivity index (χ0) is 10.3. The van der Waals surface area contributed by atoms with Gasteiger partial charge in [0.25, 0.3) is 0 Å². The maximum absolute atomic E-state index is 10.0. The molecular formula is C12H24O. The fourth-order valence-corrected chi connectivity index (χ4v) is 1.39. The Bertz CT molecular complexity index is 138. The van der Waals surface area contributed by atoms with E-state index in [1.807, 2.05) is 19.9 Å². The topological polar surface area (TPSA) is 20.2 Å². The maximum atomic E-state index is 10.0. The highest BCUT2D eigenvalue weighted by atomic mass is 16.3. The molecule has 0 amide bonds. The Morgan fingerprint density at radius 2 is 2.00 bits per heavy atom. The number of unbranched alkanes of at least 4 members (excludes halogenated alkanes) is 3. The monoisotopic (exact) mass is 184 g/mol. The Morgan fingerprint density at radius 1 is 1.38 bits per heavy atom. The second-order valence-electron chi connectivity index (χ2n) is 4.19. The first-order chi connectivity index (χ1) is 6.04. The molecule has 0 aromatic carbocycles. The first-order valence-corrected chi connectivity index (χ1v) is 5.39. The van der Waals surface area contributed by atoms with Crippen LogP contribution in [-0.2, 0) is 0 Å². The van der Waals surface area contributed by atoms with Gasteiger partial charge in [0, 0.05) is 5.92 Å². The fourth-order valence-electron chi connectivity index (χ4n) is 1.39. The molecule has 1 heteroatoms. The Kier molecular flexibility index (Phi) is 6.06. The molecule has 0 saturated carbocycles. The van der Waals surface area contributed by atoms with Crippen LogP contribution in [0.2, 0.25) is 0 Å². The summed E-state index contributed by atoms with van der Waals surface area (Å²) in [6.07, 6.45) is 7.60. The van der Waals surface area contributed by atoms with E-state index in [1.54, 1.807) is 0 Å². The predicted octanol–water partition coefficient (Wildman–Crippen LogP) is 3.53. The van der Waals surface area contributed by atoms with E-state index in [0.29, 0.717) is 0 Å². The summed E-state index contributed by atoms with van der Waals surface area (Å²) >= 11 is 0. The summed E-state index contributed by atoms with van der Waals surface area (Å²) in [7, 11) is 0. The minimum absolute atomic E-state index is 0.189. The molecule has 0 aliphatic carbocycles. The van der Waals surface area contributed by atoms with Gasteiger partial charge in [0.1, 0.15) is 0 Å². The molecule has 0 aromatic heterocycles. The average molecular weight is 184 g/mol. The summed E-state index contributed by atoms with van der Waals surface area (Å²) < 4.78 is 0. The van der Waals surface area contributed by atoms with Crippen LogP contribution in [0.25, 0.3) is 0 Å². The number of hydrogen-bond donors (Lipinski definition) is 1. The minimum Gasteiger partial charge on any atom is -0.390 e. The molecule has 0 saturated heterocycles. The van der Waals surface area contributed by atoms with Gasteiger partial charge in [-0.25, -0.2) is 0 Å². The van der Waals surface area contributed by atoms with Gasteiger partial charge in [0.15, 0.2) is 0 Å². The molecule has 78 valence electrons. The highest BCUT2D eigenvalue weighted by molar-refractivity contribution is 4.89. The number of aliphatic hydroxyl groups is 1. The molecule has 1 nitrogen and oxygen atoms in total. The first kappa shape index (κ1) is 12.7. The molecule has 0 fully saturated rings. The smallest absolute Gasteiger partial charge is 0.0679 e. The molecule has 0 bridgehead atoms. The van der Waals surface area contributed by atoms with E-state index in [4.69, 9.17) is 0 Å². The van der Waals surface area contributed by atoms with Gasteiger partial charge in [-0.15, -0.1) is 6.58 Å². The Hall–Kier alpha value is -0.300. The normalized spacial score (nSPS) is 17.8. The van der Waals surface area contributed by atoms with Crippen LogP contribution in [0.4, 0.5) is 0 Å². The predicted molar refractivity (Wildman–Crippen MR) is 58.7 cm³/mol. The van der Waals surface area contributed by atoms with Gasteiger partial charge < -0.3 is 5.11 Å². The number of rotatable bonds is 7. The van der Waals surface area contributed by atoms with Crippen molar-refractivity contribution >= 4 is 0 Å². The van der Waals surface area contributed by atoms with Gasteiger partial charge in [-0.05, 0) is 13.3 Å². The van der Waals surface area contributed by atoms with Crippen LogP contribution < -0.4 is 0 Å². The maximum Gasteiger partial charge on any atom is 0.0679 e. The van der Waals surface area contributed by atoms with Crippen molar-refractivity contribution in [3.05, 3.63) is 12.7 Å². The van der Waals surface area contributed by atoms with Crippen LogP contribution in [0.1, 0.15) is 52.9 Å². The first-order valence-electron chi connectivity index (χ1n) is 5.39. The summed E-state index contributed by atoms with van der Waals surface area (Å²) in [6.45, 7) is 9.84. The van der Waals surface area contributed by atoms with Gasteiger partial charge in [-0.3, -0.25) is 0 Å². The summed E-state index contributed by atoms with van der Waals surface area (Å²) in [5, 5.41) is 10.0. The van der Waals surface area contributed by atoms with E-state index in [0.717, 1.165) is 12.8 Å². The molecule has 0 rings (SSSR count). The number of hydrogen-bond acceptors (Lipinski definition) is 1. The van der Waals surface area contributed by atoms with Gasteiger partial charge >= 0.3 is 0 Å². The van der Waals surface area contributed by atoms with Crippen molar-refractivity contribution in [3.63, 3.8) is 0 Å². The van der Waals surface area contributed by atoms with Crippen molar-refractivity contribution in [1.82, 2.24) is 0 Å². The van der Waals surface area contributed by atoms with E-state index in [2.05, 4.69) is 13.5 Å². The third kappa shape index (κ3) is 5.09. The van der Waals surface area contributed by atoms with Crippen molar-refractivity contribution in [2.75, 3.05) is 0 Å². The van der Waals surface area contributed by atoms with Crippen LogP contribution in [-0.4, -0.2) is 10.7 Å². The van der Waals surface area contributed by atoms with Crippen LogP contribution >= 0.6 is 0 Å². The van der Waals surface area contributed by atoms with Crippen LogP contribution in [0, 0.1) is 5.92 Å².